The summed E-state index contributed by atoms with van der Waals surface area (Å²) in [7, 11) is 0. The van der Waals surface area contributed by atoms with Crippen LogP contribution < -0.4 is 0 Å². The fourth-order valence-electron chi connectivity index (χ4n) is 1.77. The zero-order chi connectivity index (χ0) is 11.7. The van der Waals surface area contributed by atoms with Crippen molar-refractivity contribution in [2.24, 2.45) is 0 Å². The molecule has 0 bridgehead atoms. The molecule has 0 amide bonds. The second kappa shape index (κ2) is 3.95. The average Bonchev–Trinajstić information content (AvgIpc) is 2.86. The first kappa shape index (κ1) is 9.92. The Bertz CT molecular complexity index is 662. The van der Waals surface area contributed by atoms with E-state index in [-0.39, 0.29) is 6.61 Å². The van der Waals surface area contributed by atoms with E-state index < -0.39 is 0 Å². The molecule has 0 saturated heterocycles. The molecule has 3 aromatic rings. The van der Waals surface area contributed by atoms with Crippen LogP contribution >= 0.6 is 0 Å². The Morgan fingerprint density at radius 3 is 3.00 bits per heavy atom. The highest BCUT2D eigenvalue weighted by molar-refractivity contribution is 5.80. The summed E-state index contributed by atoms with van der Waals surface area (Å²) in [6, 6.07) is 9.86. The zero-order valence-corrected chi connectivity index (χ0v) is 8.98. The summed E-state index contributed by atoms with van der Waals surface area (Å²) in [5.41, 5.74) is 1.78. The highest BCUT2D eigenvalue weighted by atomic mass is 16.3. The van der Waals surface area contributed by atoms with E-state index in [1.54, 1.807) is 17.1 Å². The number of hydrogen-bond acceptors (Lipinski definition) is 4. The maximum Gasteiger partial charge on any atom is 0.163 e. The standard InChI is InChI=1S/C12H10N4O/c17-7-12-15-14-8-16(12)10-5-9-3-1-2-4-11(9)13-6-10/h1-6,8,17H,7H2. The predicted octanol–water partition coefficient (Wildman–Crippen LogP) is 1.31. The van der Waals surface area contributed by atoms with Gasteiger partial charge in [0.1, 0.15) is 12.9 Å². The number of rotatable bonds is 2. The minimum absolute atomic E-state index is 0.146. The number of para-hydroxylation sites is 1. The highest BCUT2D eigenvalue weighted by Crippen LogP contribution is 2.16. The Kier molecular flexibility index (Phi) is 2.31. The Morgan fingerprint density at radius 1 is 1.24 bits per heavy atom. The topological polar surface area (TPSA) is 63.8 Å². The number of aliphatic hydroxyl groups excluding tert-OH is 1. The van der Waals surface area contributed by atoms with Gasteiger partial charge in [0.2, 0.25) is 0 Å². The third-order valence-corrected chi connectivity index (χ3v) is 2.61. The molecule has 0 aliphatic rings. The molecule has 5 heteroatoms. The minimum atomic E-state index is -0.146. The molecule has 0 aliphatic carbocycles. The molecule has 2 heterocycles. The Morgan fingerprint density at radius 2 is 2.12 bits per heavy atom. The molecule has 5 nitrogen and oxygen atoms in total. The monoisotopic (exact) mass is 226 g/mol. The van der Waals surface area contributed by atoms with Gasteiger partial charge in [-0.2, -0.15) is 0 Å². The van der Waals surface area contributed by atoms with E-state index in [9.17, 15) is 0 Å². The van der Waals surface area contributed by atoms with Crippen LogP contribution in [0.5, 0.6) is 0 Å². The van der Waals surface area contributed by atoms with Crippen molar-refractivity contribution < 1.29 is 5.11 Å². The van der Waals surface area contributed by atoms with Gasteiger partial charge in [-0.25, -0.2) is 0 Å². The number of aliphatic hydroxyl groups is 1. The van der Waals surface area contributed by atoms with Gasteiger partial charge in [-0.1, -0.05) is 18.2 Å². The number of pyridine rings is 1. The van der Waals surface area contributed by atoms with Crippen molar-refractivity contribution in [2.75, 3.05) is 0 Å². The van der Waals surface area contributed by atoms with Gasteiger partial charge in [0, 0.05) is 5.39 Å². The lowest BCUT2D eigenvalue weighted by molar-refractivity contribution is 0.269. The number of aromatic nitrogens is 4. The van der Waals surface area contributed by atoms with E-state index in [0.29, 0.717) is 5.82 Å². The molecular formula is C12H10N4O. The van der Waals surface area contributed by atoms with Crippen molar-refractivity contribution in [1.82, 2.24) is 19.7 Å². The van der Waals surface area contributed by atoms with Crippen molar-refractivity contribution in [3.05, 3.63) is 48.7 Å². The normalized spacial score (nSPS) is 10.9. The average molecular weight is 226 g/mol. The van der Waals surface area contributed by atoms with Crippen LogP contribution in [0.4, 0.5) is 0 Å². The molecule has 3 rings (SSSR count). The molecule has 0 aliphatic heterocycles. The van der Waals surface area contributed by atoms with Gasteiger partial charge in [0.25, 0.3) is 0 Å². The molecule has 0 radical (unpaired) electrons. The summed E-state index contributed by atoms with van der Waals surface area (Å²) in [5.74, 6) is 0.502. The number of fused-ring (bicyclic) bond motifs is 1. The summed E-state index contributed by atoms with van der Waals surface area (Å²) in [5, 5.41) is 17.8. The molecule has 84 valence electrons. The van der Waals surface area contributed by atoms with Crippen LogP contribution in [0.3, 0.4) is 0 Å². The van der Waals surface area contributed by atoms with Crippen molar-refractivity contribution in [1.29, 1.82) is 0 Å². The van der Waals surface area contributed by atoms with Crippen molar-refractivity contribution in [3.63, 3.8) is 0 Å². The van der Waals surface area contributed by atoms with E-state index in [1.165, 1.54) is 0 Å². The lowest BCUT2D eigenvalue weighted by atomic mass is 10.2. The number of nitrogens with zero attached hydrogens (tertiary/aromatic N) is 4. The summed E-state index contributed by atoms with van der Waals surface area (Å²) in [4.78, 5) is 4.35. The predicted molar refractivity (Wildman–Crippen MR) is 62.6 cm³/mol. The van der Waals surface area contributed by atoms with Gasteiger partial charge >= 0.3 is 0 Å². The fourth-order valence-corrected chi connectivity index (χ4v) is 1.77. The molecule has 0 fully saturated rings. The van der Waals surface area contributed by atoms with Crippen LogP contribution in [-0.2, 0) is 6.61 Å². The SMILES string of the molecule is OCc1nncn1-c1cnc2ccccc2c1. The Balaban J connectivity index is 2.18. The summed E-state index contributed by atoms with van der Waals surface area (Å²) in [6.07, 6.45) is 3.31. The van der Waals surface area contributed by atoms with Crippen molar-refractivity contribution >= 4 is 10.9 Å². The molecule has 0 saturated carbocycles. The Labute approximate surface area is 97.4 Å². The van der Waals surface area contributed by atoms with Crippen LogP contribution in [0.25, 0.3) is 16.6 Å². The smallest absolute Gasteiger partial charge is 0.163 e. The molecule has 0 atom stereocenters. The second-order valence-corrected chi connectivity index (χ2v) is 3.66. The first-order valence-electron chi connectivity index (χ1n) is 5.23. The van der Waals surface area contributed by atoms with Crippen LogP contribution in [0.15, 0.2) is 42.9 Å². The van der Waals surface area contributed by atoms with Gasteiger partial charge in [-0.15, -0.1) is 10.2 Å². The summed E-state index contributed by atoms with van der Waals surface area (Å²) < 4.78 is 1.72. The van der Waals surface area contributed by atoms with Crippen LogP contribution in [0.1, 0.15) is 5.82 Å². The van der Waals surface area contributed by atoms with Crippen molar-refractivity contribution in [2.45, 2.75) is 6.61 Å². The van der Waals surface area contributed by atoms with Crippen molar-refractivity contribution in [3.8, 4) is 5.69 Å². The molecule has 17 heavy (non-hydrogen) atoms. The lowest BCUT2D eigenvalue weighted by Crippen LogP contribution is -2.00. The van der Waals surface area contributed by atoms with Gasteiger partial charge in [0.15, 0.2) is 5.82 Å². The van der Waals surface area contributed by atoms with E-state index in [2.05, 4.69) is 15.2 Å². The molecule has 1 aromatic carbocycles. The second-order valence-electron chi connectivity index (χ2n) is 3.66. The Hall–Kier alpha value is -2.27. The number of hydrogen-bond donors (Lipinski definition) is 1. The van der Waals surface area contributed by atoms with Gasteiger partial charge in [-0.05, 0) is 12.1 Å². The third kappa shape index (κ3) is 1.66. The first-order chi connectivity index (χ1) is 8.38. The number of benzene rings is 1. The molecule has 1 N–H and O–H groups in total. The third-order valence-electron chi connectivity index (χ3n) is 2.61. The molecular weight excluding hydrogens is 216 g/mol. The lowest BCUT2D eigenvalue weighted by Gasteiger charge is -2.05. The largest absolute Gasteiger partial charge is 0.388 e. The molecule has 0 unspecified atom stereocenters. The quantitative estimate of drug-likeness (QED) is 0.715. The minimum Gasteiger partial charge on any atom is -0.388 e. The summed E-state index contributed by atoms with van der Waals surface area (Å²) >= 11 is 0. The maximum absolute atomic E-state index is 9.14. The van der Waals surface area contributed by atoms with E-state index in [0.717, 1.165) is 16.6 Å². The van der Waals surface area contributed by atoms with Gasteiger partial charge in [0.05, 0.1) is 17.4 Å². The molecule has 2 aromatic heterocycles. The first-order valence-corrected chi connectivity index (χ1v) is 5.23. The zero-order valence-electron chi connectivity index (χ0n) is 8.98. The summed E-state index contributed by atoms with van der Waals surface area (Å²) in [6.45, 7) is -0.146. The molecule has 0 spiro atoms. The van der Waals surface area contributed by atoms with Gasteiger partial charge < -0.3 is 5.11 Å². The van der Waals surface area contributed by atoms with Crippen LogP contribution in [0.2, 0.25) is 0 Å². The van der Waals surface area contributed by atoms with Gasteiger partial charge in [-0.3, -0.25) is 9.55 Å². The highest BCUT2D eigenvalue weighted by Gasteiger charge is 2.05. The van der Waals surface area contributed by atoms with E-state index in [4.69, 9.17) is 5.11 Å². The fraction of sp³-hybridized carbons (Fsp3) is 0.0833. The van der Waals surface area contributed by atoms with E-state index >= 15 is 0 Å². The maximum atomic E-state index is 9.14. The van der Waals surface area contributed by atoms with Crippen LogP contribution in [0, 0.1) is 0 Å². The van der Waals surface area contributed by atoms with Crippen LogP contribution in [-0.4, -0.2) is 24.9 Å². The van der Waals surface area contributed by atoms with E-state index in [1.807, 2.05) is 30.3 Å².